The molecule has 1 amide bonds. The van der Waals surface area contributed by atoms with E-state index in [2.05, 4.69) is 33.0 Å². The number of hydrogen-bond acceptors (Lipinski definition) is 5. The standard InChI is InChI=1S/C20H20Cl2N4OS/c21-17-6-3-5-16(18(17)22)19(27)25-11-9-24(10-12-25)14-15-4-1-2-8-26(15)20-23-7-13-28-20/h1-7,13H,8-12,14H2. The number of carbonyl (C=O) groups excluding carboxylic acids is 1. The fourth-order valence-corrected chi connectivity index (χ4v) is 4.48. The van der Waals surface area contributed by atoms with Crippen molar-refractivity contribution in [1.82, 2.24) is 14.8 Å². The minimum atomic E-state index is -0.0589. The van der Waals surface area contributed by atoms with Crippen LogP contribution in [0.25, 0.3) is 0 Å². The van der Waals surface area contributed by atoms with E-state index in [1.165, 1.54) is 5.70 Å². The van der Waals surface area contributed by atoms with Crippen LogP contribution in [0.15, 0.2) is 53.7 Å². The van der Waals surface area contributed by atoms with Crippen LogP contribution in [0.1, 0.15) is 10.4 Å². The molecule has 1 aromatic carbocycles. The molecule has 0 spiro atoms. The molecule has 8 heteroatoms. The Morgan fingerprint density at radius 2 is 2.00 bits per heavy atom. The number of piperazine rings is 1. The molecule has 2 aromatic rings. The van der Waals surface area contributed by atoms with Gasteiger partial charge in [0.25, 0.3) is 5.91 Å². The fourth-order valence-electron chi connectivity index (χ4n) is 3.42. The minimum absolute atomic E-state index is 0.0589. The number of halogens is 2. The zero-order valence-electron chi connectivity index (χ0n) is 15.2. The van der Waals surface area contributed by atoms with Crippen molar-refractivity contribution in [1.29, 1.82) is 0 Å². The lowest BCUT2D eigenvalue weighted by Gasteiger charge is -2.37. The molecule has 0 N–H and O–H groups in total. The first-order valence-corrected chi connectivity index (χ1v) is 10.8. The second-order valence-electron chi connectivity index (χ2n) is 6.68. The number of carbonyl (C=O) groups is 1. The molecule has 0 radical (unpaired) electrons. The van der Waals surface area contributed by atoms with Crippen LogP contribution in [0.5, 0.6) is 0 Å². The van der Waals surface area contributed by atoms with Gasteiger partial charge < -0.3 is 9.80 Å². The molecule has 1 aromatic heterocycles. The van der Waals surface area contributed by atoms with Gasteiger partial charge in [-0.05, 0) is 18.2 Å². The van der Waals surface area contributed by atoms with Gasteiger partial charge in [-0.1, -0.05) is 41.4 Å². The van der Waals surface area contributed by atoms with Crippen LogP contribution in [0.2, 0.25) is 10.0 Å². The highest BCUT2D eigenvalue weighted by atomic mass is 35.5. The van der Waals surface area contributed by atoms with Crippen LogP contribution in [0, 0.1) is 0 Å². The highest BCUT2D eigenvalue weighted by molar-refractivity contribution is 7.13. The van der Waals surface area contributed by atoms with Gasteiger partial charge in [-0.15, -0.1) is 11.3 Å². The maximum Gasteiger partial charge on any atom is 0.255 e. The SMILES string of the molecule is O=C(c1cccc(Cl)c1Cl)N1CCN(CC2=CC=CCN2c2nccs2)CC1. The summed E-state index contributed by atoms with van der Waals surface area (Å²) in [5.74, 6) is -0.0589. The predicted octanol–water partition coefficient (Wildman–Crippen LogP) is 4.17. The Labute approximate surface area is 178 Å². The molecule has 0 atom stereocenters. The Bertz CT molecular complexity index is 905. The molecule has 0 saturated carbocycles. The lowest BCUT2D eigenvalue weighted by atomic mass is 10.1. The average molecular weight is 435 g/mol. The number of hydrogen-bond donors (Lipinski definition) is 0. The number of nitrogens with zero attached hydrogens (tertiary/aromatic N) is 4. The van der Waals surface area contributed by atoms with Crippen molar-refractivity contribution in [2.24, 2.45) is 0 Å². The van der Waals surface area contributed by atoms with Crippen molar-refractivity contribution in [2.45, 2.75) is 0 Å². The third-order valence-corrected chi connectivity index (χ3v) is 6.55. The van der Waals surface area contributed by atoms with Crippen LogP contribution in [0.4, 0.5) is 5.13 Å². The lowest BCUT2D eigenvalue weighted by molar-refractivity contribution is 0.0647. The maximum absolute atomic E-state index is 12.8. The first-order valence-electron chi connectivity index (χ1n) is 9.12. The molecule has 0 aliphatic carbocycles. The lowest BCUT2D eigenvalue weighted by Crippen LogP contribution is -2.50. The highest BCUT2D eigenvalue weighted by Crippen LogP contribution is 2.27. The topological polar surface area (TPSA) is 39.7 Å². The van der Waals surface area contributed by atoms with Crippen molar-refractivity contribution in [2.75, 3.05) is 44.2 Å². The molecule has 28 heavy (non-hydrogen) atoms. The van der Waals surface area contributed by atoms with Gasteiger partial charge in [0, 0.05) is 56.5 Å². The largest absolute Gasteiger partial charge is 0.336 e. The van der Waals surface area contributed by atoms with E-state index in [1.807, 2.05) is 16.5 Å². The summed E-state index contributed by atoms with van der Waals surface area (Å²) in [5.41, 5.74) is 1.70. The molecule has 2 aliphatic heterocycles. The third-order valence-electron chi connectivity index (χ3n) is 4.94. The van der Waals surface area contributed by atoms with Crippen LogP contribution < -0.4 is 4.90 Å². The molecule has 2 aliphatic rings. The van der Waals surface area contributed by atoms with Gasteiger partial charge in [0.1, 0.15) is 0 Å². The van der Waals surface area contributed by atoms with Crippen LogP contribution in [0.3, 0.4) is 0 Å². The van der Waals surface area contributed by atoms with E-state index >= 15 is 0 Å². The van der Waals surface area contributed by atoms with Gasteiger partial charge in [-0.25, -0.2) is 4.98 Å². The van der Waals surface area contributed by atoms with E-state index in [-0.39, 0.29) is 5.91 Å². The van der Waals surface area contributed by atoms with Crippen molar-refractivity contribution in [3.8, 4) is 0 Å². The van der Waals surface area contributed by atoms with E-state index < -0.39 is 0 Å². The molecular weight excluding hydrogens is 415 g/mol. The van der Waals surface area contributed by atoms with Gasteiger partial charge in [0.2, 0.25) is 0 Å². The normalized spacial score (nSPS) is 17.7. The zero-order chi connectivity index (χ0) is 19.5. The van der Waals surface area contributed by atoms with Crippen molar-refractivity contribution < 1.29 is 4.79 Å². The van der Waals surface area contributed by atoms with Crippen molar-refractivity contribution >= 4 is 45.6 Å². The number of rotatable bonds is 4. The van der Waals surface area contributed by atoms with Crippen LogP contribution >= 0.6 is 34.5 Å². The maximum atomic E-state index is 12.8. The number of thiazole rings is 1. The molecule has 146 valence electrons. The number of benzene rings is 1. The minimum Gasteiger partial charge on any atom is -0.336 e. The van der Waals surface area contributed by atoms with E-state index in [0.717, 1.165) is 31.3 Å². The molecule has 5 nitrogen and oxygen atoms in total. The summed E-state index contributed by atoms with van der Waals surface area (Å²) >= 11 is 13.9. The van der Waals surface area contributed by atoms with E-state index in [0.29, 0.717) is 28.7 Å². The van der Waals surface area contributed by atoms with E-state index in [4.69, 9.17) is 23.2 Å². The Hall–Kier alpha value is -1.86. The molecule has 0 unspecified atom stereocenters. The Morgan fingerprint density at radius 3 is 2.75 bits per heavy atom. The van der Waals surface area contributed by atoms with Crippen LogP contribution in [-0.4, -0.2) is 60.0 Å². The summed E-state index contributed by atoms with van der Waals surface area (Å²) in [6, 6.07) is 5.18. The number of aromatic nitrogens is 1. The molecule has 0 bridgehead atoms. The van der Waals surface area contributed by atoms with Crippen molar-refractivity contribution in [3.05, 3.63) is 69.3 Å². The summed E-state index contributed by atoms with van der Waals surface area (Å²) < 4.78 is 0. The molecular formula is C20H20Cl2N4OS. The summed E-state index contributed by atoms with van der Waals surface area (Å²) in [4.78, 5) is 23.7. The summed E-state index contributed by atoms with van der Waals surface area (Å²) in [6.07, 6.45) is 8.21. The quantitative estimate of drug-likeness (QED) is 0.723. The molecule has 4 rings (SSSR count). The first kappa shape index (κ1) is 19.5. The highest BCUT2D eigenvalue weighted by Gasteiger charge is 2.26. The first-order chi connectivity index (χ1) is 13.6. The van der Waals surface area contributed by atoms with Gasteiger partial charge in [-0.3, -0.25) is 9.69 Å². The Kier molecular flexibility index (Phi) is 6.01. The van der Waals surface area contributed by atoms with Crippen molar-refractivity contribution in [3.63, 3.8) is 0 Å². The van der Waals surface area contributed by atoms with E-state index in [1.54, 1.807) is 29.5 Å². The van der Waals surface area contributed by atoms with Gasteiger partial charge >= 0.3 is 0 Å². The molecule has 3 heterocycles. The fraction of sp³-hybridized carbons (Fsp3) is 0.300. The Morgan fingerprint density at radius 1 is 1.18 bits per heavy atom. The zero-order valence-corrected chi connectivity index (χ0v) is 17.6. The van der Waals surface area contributed by atoms with Gasteiger partial charge in [0.15, 0.2) is 5.13 Å². The summed E-state index contributed by atoms with van der Waals surface area (Å²) in [6.45, 7) is 4.65. The smallest absolute Gasteiger partial charge is 0.255 e. The number of anilines is 1. The van der Waals surface area contributed by atoms with Crippen LogP contribution in [-0.2, 0) is 0 Å². The van der Waals surface area contributed by atoms with E-state index in [9.17, 15) is 4.79 Å². The Balaban J connectivity index is 1.38. The summed E-state index contributed by atoms with van der Waals surface area (Å²) in [5, 5.41) is 3.75. The predicted molar refractivity (Wildman–Crippen MR) is 115 cm³/mol. The second-order valence-corrected chi connectivity index (χ2v) is 8.34. The molecule has 1 fully saturated rings. The van der Waals surface area contributed by atoms with Gasteiger partial charge in [0.05, 0.1) is 15.6 Å². The number of allylic oxidation sites excluding steroid dienone is 2. The number of amides is 1. The van der Waals surface area contributed by atoms with Gasteiger partial charge in [-0.2, -0.15) is 0 Å². The third kappa shape index (κ3) is 4.10. The second kappa shape index (κ2) is 8.66. The average Bonchev–Trinajstić information content (AvgIpc) is 3.25. The molecule has 1 saturated heterocycles. The summed E-state index contributed by atoms with van der Waals surface area (Å²) in [7, 11) is 0. The monoisotopic (exact) mass is 434 g/mol.